The maximum Gasteiger partial charge on any atom is 0.357 e. The van der Waals surface area contributed by atoms with E-state index in [1.165, 1.54) is 0 Å². The fourth-order valence-electron chi connectivity index (χ4n) is 1.86. The average molecular weight is 226 g/mol. The van der Waals surface area contributed by atoms with E-state index >= 15 is 0 Å². The second-order valence-corrected chi connectivity index (χ2v) is 4.17. The molecular formula is C10H14N2O4. The number of aromatic nitrogens is 1. The molecule has 6 nitrogen and oxygen atoms in total. The first-order valence-electron chi connectivity index (χ1n) is 5.20. The summed E-state index contributed by atoms with van der Waals surface area (Å²) in [5.41, 5.74) is -0.701. The Kier molecular flexibility index (Phi) is 2.59. The van der Waals surface area contributed by atoms with Gasteiger partial charge in [0.15, 0.2) is 5.69 Å². The molecule has 2 rings (SSSR count). The SMILES string of the molecule is CCC1(O)CC(Nc2nc(C(=O)O)co2)C1. The van der Waals surface area contributed by atoms with E-state index in [-0.39, 0.29) is 17.8 Å². The van der Waals surface area contributed by atoms with E-state index in [0.29, 0.717) is 12.8 Å². The van der Waals surface area contributed by atoms with E-state index in [1.807, 2.05) is 6.92 Å². The lowest BCUT2D eigenvalue weighted by Gasteiger charge is -2.43. The number of rotatable bonds is 4. The number of aliphatic hydroxyl groups is 1. The number of oxazole rings is 1. The monoisotopic (exact) mass is 226 g/mol. The Bertz CT molecular complexity index is 395. The average Bonchev–Trinajstić information content (AvgIpc) is 2.63. The zero-order valence-corrected chi connectivity index (χ0v) is 8.93. The van der Waals surface area contributed by atoms with Crippen LogP contribution in [-0.4, -0.2) is 32.8 Å². The van der Waals surface area contributed by atoms with Crippen molar-refractivity contribution in [3.05, 3.63) is 12.0 Å². The minimum Gasteiger partial charge on any atom is -0.476 e. The molecular weight excluding hydrogens is 212 g/mol. The largest absolute Gasteiger partial charge is 0.476 e. The lowest BCUT2D eigenvalue weighted by atomic mass is 9.74. The summed E-state index contributed by atoms with van der Waals surface area (Å²) in [7, 11) is 0. The van der Waals surface area contributed by atoms with Crippen LogP contribution in [0.1, 0.15) is 36.7 Å². The van der Waals surface area contributed by atoms with Gasteiger partial charge in [0.25, 0.3) is 6.01 Å². The van der Waals surface area contributed by atoms with Gasteiger partial charge in [-0.05, 0) is 19.3 Å². The fraction of sp³-hybridized carbons (Fsp3) is 0.600. The molecule has 1 fully saturated rings. The van der Waals surface area contributed by atoms with Gasteiger partial charge < -0.3 is 19.9 Å². The smallest absolute Gasteiger partial charge is 0.357 e. The van der Waals surface area contributed by atoms with Crippen LogP contribution in [0.25, 0.3) is 0 Å². The van der Waals surface area contributed by atoms with E-state index in [0.717, 1.165) is 12.7 Å². The first-order chi connectivity index (χ1) is 7.52. The van der Waals surface area contributed by atoms with Gasteiger partial charge in [0, 0.05) is 6.04 Å². The zero-order chi connectivity index (χ0) is 11.8. The Morgan fingerprint density at radius 2 is 2.44 bits per heavy atom. The van der Waals surface area contributed by atoms with Gasteiger partial charge in [0.1, 0.15) is 6.26 Å². The van der Waals surface area contributed by atoms with Crippen LogP contribution in [0.3, 0.4) is 0 Å². The molecule has 1 aliphatic rings. The predicted molar refractivity (Wildman–Crippen MR) is 55.3 cm³/mol. The van der Waals surface area contributed by atoms with Crippen molar-refractivity contribution in [1.82, 2.24) is 4.98 Å². The summed E-state index contributed by atoms with van der Waals surface area (Å²) >= 11 is 0. The van der Waals surface area contributed by atoms with Gasteiger partial charge in [0.05, 0.1) is 5.60 Å². The number of nitrogens with one attached hydrogen (secondary N) is 1. The molecule has 6 heteroatoms. The molecule has 1 heterocycles. The van der Waals surface area contributed by atoms with Crippen LogP contribution >= 0.6 is 0 Å². The summed E-state index contributed by atoms with van der Waals surface area (Å²) in [6.45, 7) is 1.93. The first-order valence-corrected chi connectivity index (χ1v) is 5.20. The third-order valence-electron chi connectivity index (χ3n) is 2.96. The van der Waals surface area contributed by atoms with Gasteiger partial charge in [-0.2, -0.15) is 4.98 Å². The molecule has 1 saturated carbocycles. The molecule has 0 amide bonds. The standard InChI is InChI=1S/C10H14N2O4/c1-2-10(15)3-6(4-10)11-9-12-7(5-16-9)8(13)14/h5-6,15H,2-4H2,1H3,(H,11,12)(H,13,14). The molecule has 0 radical (unpaired) electrons. The van der Waals surface area contributed by atoms with Crippen molar-refractivity contribution in [2.24, 2.45) is 0 Å². The lowest BCUT2D eigenvalue weighted by Crippen LogP contribution is -2.50. The molecule has 0 aliphatic heterocycles. The van der Waals surface area contributed by atoms with Crippen molar-refractivity contribution in [3.63, 3.8) is 0 Å². The van der Waals surface area contributed by atoms with Crippen LogP contribution in [0.4, 0.5) is 6.01 Å². The van der Waals surface area contributed by atoms with Gasteiger partial charge in [-0.3, -0.25) is 0 Å². The van der Waals surface area contributed by atoms with Crippen molar-refractivity contribution in [2.45, 2.75) is 37.8 Å². The summed E-state index contributed by atoms with van der Waals surface area (Å²) in [6, 6.07) is 0.297. The number of anilines is 1. The number of hydrogen-bond donors (Lipinski definition) is 3. The highest BCUT2D eigenvalue weighted by atomic mass is 16.4. The number of carboxylic acids is 1. The Morgan fingerprint density at radius 1 is 1.75 bits per heavy atom. The molecule has 1 aromatic heterocycles. The van der Waals surface area contributed by atoms with Gasteiger partial charge in [-0.15, -0.1) is 0 Å². The summed E-state index contributed by atoms with van der Waals surface area (Å²) in [5.74, 6) is -1.12. The summed E-state index contributed by atoms with van der Waals surface area (Å²) in [5, 5.41) is 21.4. The number of carbonyl (C=O) groups is 1. The van der Waals surface area contributed by atoms with E-state index in [9.17, 15) is 9.90 Å². The van der Waals surface area contributed by atoms with Gasteiger partial charge in [0.2, 0.25) is 0 Å². The summed E-state index contributed by atoms with van der Waals surface area (Å²) < 4.78 is 4.95. The summed E-state index contributed by atoms with van der Waals surface area (Å²) in [6.07, 6.45) is 3.08. The van der Waals surface area contributed by atoms with E-state index in [4.69, 9.17) is 9.52 Å². The fourth-order valence-corrected chi connectivity index (χ4v) is 1.86. The van der Waals surface area contributed by atoms with Crippen LogP contribution < -0.4 is 5.32 Å². The minimum atomic E-state index is -1.12. The highest BCUT2D eigenvalue weighted by Crippen LogP contribution is 2.36. The van der Waals surface area contributed by atoms with Crippen molar-refractivity contribution in [3.8, 4) is 0 Å². The minimum absolute atomic E-state index is 0.102. The number of aromatic carboxylic acids is 1. The molecule has 16 heavy (non-hydrogen) atoms. The second kappa shape index (κ2) is 3.79. The summed E-state index contributed by atoms with van der Waals surface area (Å²) in [4.78, 5) is 14.3. The first kappa shape index (κ1) is 10.9. The van der Waals surface area contributed by atoms with Gasteiger partial charge in [-0.25, -0.2) is 4.79 Å². The number of hydrogen-bond acceptors (Lipinski definition) is 5. The van der Waals surface area contributed by atoms with E-state index in [1.54, 1.807) is 0 Å². The topological polar surface area (TPSA) is 95.6 Å². The molecule has 88 valence electrons. The lowest BCUT2D eigenvalue weighted by molar-refractivity contribution is -0.0445. The Morgan fingerprint density at radius 3 is 2.94 bits per heavy atom. The maximum atomic E-state index is 10.5. The maximum absolute atomic E-state index is 10.5. The molecule has 0 spiro atoms. The molecule has 0 aromatic carbocycles. The normalized spacial score (nSPS) is 28.5. The van der Waals surface area contributed by atoms with E-state index < -0.39 is 11.6 Å². The predicted octanol–water partition coefficient (Wildman–Crippen LogP) is 1.09. The van der Waals surface area contributed by atoms with Gasteiger partial charge >= 0.3 is 5.97 Å². The van der Waals surface area contributed by atoms with Crippen molar-refractivity contribution in [2.75, 3.05) is 5.32 Å². The van der Waals surface area contributed by atoms with Crippen LogP contribution in [-0.2, 0) is 0 Å². The molecule has 0 bridgehead atoms. The molecule has 3 N–H and O–H groups in total. The van der Waals surface area contributed by atoms with Crippen LogP contribution in [0, 0.1) is 0 Å². The third kappa shape index (κ3) is 2.01. The van der Waals surface area contributed by atoms with Gasteiger partial charge in [-0.1, -0.05) is 6.92 Å². The van der Waals surface area contributed by atoms with Crippen molar-refractivity contribution >= 4 is 12.0 Å². The van der Waals surface area contributed by atoms with Crippen LogP contribution in [0.5, 0.6) is 0 Å². The van der Waals surface area contributed by atoms with E-state index in [2.05, 4.69) is 10.3 Å². The second-order valence-electron chi connectivity index (χ2n) is 4.17. The Labute approximate surface area is 92.3 Å². The highest BCUT2D eigenvalue weighted by molar-refractivity contribution is 5.85. The Balaban J connectivity index is 1.89. The van der Waals surface area contributed by atoms with Crippen LogP contribution in [0.2, 0.25) is 0 Å². The third-order valence-corrected chi connectivity index (χ3v) is 2.96. The molecule has 0 saturated heterocycles. The Hall–Kier alpha value is -1.56. The molecule has 0 atom stereocenters. The van der Waals surface area contributed by atoms with Crippen LogP contribution in [0.15, 0.2) is 10.7 Å². The number of carboxylic acid groups (broad SMARTS) is 1. The highest BCUT2D eigenvalue weighted by Gasteiger charge is 2.41. The van der Waals surface area contributed by atoms with Crippen molar-refractivity contribution in [1.29, 1.82) is 0 Å². The van der Waals surface area contributed by atoms with Crippen molar-refractivity contribution < 1.29 is 19.4 Å². The quantitative estimate of drug-likeness (QED) is 0.711. The molecule has 1 aliphatic carbocycles. The number of nitrogens with zero attached hydrogens (tertiary/aromatic N) is 1. The molecule has 0 unspecified atom stereocenters. The zero-order valence-electron chi connectivity index (χ0n) is 8.93. The molecule has 1 aromatic rings.